The molecule has 0 aliphatic heterocycles. The fourth-order valence-electron chi connectivity index (χ4n) is 0.0904. The molecule has 0 radical (unpaired) electrons. The number of hydrogen-bond donors (Lipinski definition) is 2. The Morgan fingerprint density at radius 1 is 1.89 bits per heavy atom. The van der Waals surface area contributed by atoms with E-state index in [2.05, 4.69) is 33.4 Å². The van der Waals surface area contributed by atoms with Gasteiger partial charge < -0.3 is 4.89 Å². The molecule has 0 saturated heterocycles. The maximum atomic E-state index is 10.0. The largest absolute Gasteiger partial charge is 0.613 e. The summed E-state index contributed by atoms with van der Waals surface area (Å²) in [5, 5.41) is 0. The fraction of sp³-hybridized carbons (Fsp3) is 1.00. The molecule has 0 heterocycles. The molecule has 0 aromatic heterocycles. The van der Waals surface area contributed by atoms with Crippen molar-refractivity contribution in [1.82, 2.24) is 0 Å². The molecule has 54 valence electrons. The Morgan fingerprint density at radius 2 is 2.33 bits per heavy atom. The minimum atomic E-state index is -2.84. The van der Waals surface area contributed by atoms with Crippen molar-refractivity contribution >= 4 is 37.8 Å². The summed E-state index contributed by atoms with van der Waals surface area (Å²) < 4.78 is 18.1. The van der Waals surface area contributed by atoms with E-state index in [1.165, 1.54) is 6.66 Å². The zero-order chi connectivity index (χ0) is 7.49. The smallest absolute Gasteiger partial charge is 0.343 e. The van der Waals surface area contributed by atoms with Crippen LogP contribution in [0.5, 0.6) is 0 Å². The monoisotopic (exact) mass is 207 g/mol. The van der Waals surface area contributed by atoms with E-state index >= 15 is 0 Å². The van der Waals surface area contributed by atoms with Crippen molar-refractivity contribution in [3.8, 4) is 0 Å². The van der Waals surface area contributed by atoms with E-state index in [-0.39, 0.29) is 0 Å². The van der Waals surface area contributed by atoms with Gasteiger partial charge >= 0.3 is 7.23 Å². The van der Waals surface area contributed by atoms with Crippen LogP contribution < -0.4 is 0 Å². The maximum absolute atomic E-state index is 10.0. The van der Waals surface area contributed by atoms with Crippen molar-refractivity contribution in [2.75, 3.05) is 6.66 Å². The Balaban J connectivity index is 3.53. The molecular weight excluding hydrogens is 202 g/mol. The second kappa shape index (κ2) is 3.98. The molecule has 4 nitrogen and oxygen atoms in total. The highest BCUT2D eigenvalue weighted by atomic mass is 32.7. The van der Waals surface area contributed by atoms with E-state index in [1.807, 2.05) is 0 Å². The molecule has 0 aromatic rings. The highest BCUT2D eigenvalue weighted by Gasteiger charge is 2.17. The van der Waals surface area contributed by atoms with Crippen molar-refractivity contribution in [3.05, 3.63) is 0 Å². The molecule has 0 rings (SSSR count). The third-order valence-electron chi connectivity index (χ3n) is 0.235. The van der Waals surface area contributed by atoms with Crippen LogP contribution in [0, 0.1) is 0 Å². The third kappa shape index (κ3) is 8.98. The van der Waals surface area contributed by atoms with Gasteiger partial charge in [-0.3, -0.25) is 0 Å². The summed E-state index contributed by atoms with van der Waals surface area (Å²) in [6.45, 7) is -1.57. The third-order valence-corrected chi connectivity index (χ3v) is 1.29. The number of thiol groups is 1. The molecule has 0 aliphatic carbocycles. The Hall–Kier alpha value is 0.980. The van der Waals surface area contributed by atoms with Crippen LogP contribution in [-0.4, -0.2) is 11.6 Å². The Kier molecular flexibility index (Phi) is 4.42. The standard InChI is InChI=1S/CH4O4P2S2/c1-7(3,9)5-4-6(2)8/h1H3,(H-,2,3,8,9)/p+1. The summed E-state index contributed by atoms with van der Waals surface area (Å²) in [5.74, 6) is 0. The van der Waals surface area contributed by atoms with Gasteiger partial charge in [0.05, 0.1) is 0 Å². The van der Waals surface area contributed by atoms with Crippen LogP contribution in [0.25, 0.3) is 0 Å². The summed E-state index contributed by atoms with van der Waals surface area (Å²) >= 11 is 7.69. The van der Waals surface area contributed by atoms with Crippen LogP contribution in [0.4, 0.5) is 0 Å². The number of hydrogen-bond acceptors (Lipinski definition) is 4. The van der Waals surface area contributed by atoms with Gasteiger partial charge in [0.1, 0.15) is 12.2 Å². The number of rotatable bonds is 3. The summed E-state index contributed by atoms with van der Waals surface area (Å²) in [4.78, 5) is 8.68. The predicted octanol–water partition coefficient (Wildman–Crippen LogP) is 1.45. The Morgan fingerprint density at radius 3 is 2.44 bits per heavy atom. The van der Waals surface area contributed by atoms with Gasteiger partial charge in [-0.15, -0.1) is 4.67 Å². The molecule has 0 aromatic carbocycles. The van der Waals surface area contributed by atoms with E-state index in [0.29, 0.717) is 0 Å². The topological polar surface area (TPSA) is 55.8 Å². The lowest BCUT2D eigenvalue weighted by Gasteiger charge is -1.98. The first kappa shape index (κ1) is 9.98. The molecule has 0 aliphatic rings. The lowest BCUT2D eigenvalue weighted by molar-refractivity contribution is -0.0861. The zero-order valence-electron chi connectivity index (χ0n) is 4.42. The van der Waals surface area contributed by atoms with Crippen molar-refractivity contribution < 1.29 is 18.8 Å². The summed E-state index contributed by atoms with van der Waals surface area (Å²) in [5.41, 5.74) is 0. The van der Waals surface area contributed by atoms with Crippen molar-refractivity contribution in [1.29, 1.82) is 0 Å². The fourth-order valence-corrected chi connectivity index (χ4v) is 1.33. The molecule has 0 amide bonds. The van der Waals surface area contributed by atoms with Gasteiger partial charge in [-0.2, -0.15) is 0 Å². The van der Waals surface area contributed by atoms with Gasteiger partial charge in [-0.1, -0.05) is 0 Å². The van der Waals surface area contributed by atoms with Gasteiger partial charge in [0.25, 0.3) is 0 Å². The first-order chi connectivity index (χ1) is 3.92. The first-order valence-electron chi connectivity index (χ1n) is 1.74. The van der Waals surface area contributed by atoms with E-state index < -0.39 is 13.7 Å². The van der Waals surface area contributed by atoms with Crippen LogP contribution in [-0.2, 0) is 25.7 Å². The molecule has 9 heavy (non-hydrogen) atoms. The van der Waals surface area contributed by atoms with E-state index in [9.17, 15) is 4.57 Å². The first-order valence-corrected chi connectivity index (χ1v) is 7.19. The molecule has 0 fully saturated rings. The predicted molar refractivity (Wildman–Crippen MR) is 41.2 cm³/mol. The summed E-state index contributed by atoms with van der Waals surface area (Å²) in [7, 11) is -2.14. The normalized spacial score (nSPS) is 18.8. The molecular formula is CH5O4P2S2+. The summed E-state index contributed by atoms with van der Waals surface area (Å²) in [6.07, 6.45) is 0. The lowest BCUT2D eigenvalue weighted by atomic mass is 12.0. The Bertz CT molecular complexity index is 151. The second-order valence-corrected chi connectivity index (χ2v) is 6.58. The second-order valence-electron chi connectivity index (χ2n) is 1.19. The Labute approximate surface area is 63.7 Å². The van der Waals surface area contributed by atoms with Gasteiger partial charge in [0.15, 0.2) is 0 Å². The van der Waals surface area contributed by atoms with Crippen LogP contribution in [0.3, 0.4) is 0 Å². The van der Waals surface area contributed by atoms with Crippen LogP contribution in [0.1, 0.15) is 0 Å². The average molecular weight is 207 g/mol. The van der Waals surface area contributed by atoms with Crippen LogP contribution >= 0.6 is 26.0 Å². The van der Waals surface area contributed by atoms with E-state index in [0.717, 1.165) is 0 Å². The van der Waals surface area contributed by atoms with Crippen LogP contribution in [0.15, 0.2) is 0 Å². The van der Waals surface area contributed by atoms with Crippen molar-refractivity contribution in [2.24, 2.45) is 0 Å². The molecule has 0 spiro atoms. The molecule has 0 bridgehead atoms. The van der Waals surface area contributed by atoms with E-state index in [1.54, 1.807) is 0 Å². The molecule has 8 heteroatoms. The molecule has 2 unspecified atom stereocenters. The van der Waals surface area contributed by atoms with Gasteiger partial charge in [0.2, 0.25) is 6.49 Å². The lowest BCUT2D eigenvalue weighted by Crippen LogP contribution is -1.80. The van der Waals surface area contributed by atoms with E-state index in [4.69, 9.17) is 4.89 Å². The van der Waals surface area contributed by atoms with Crippen LogP contribution in [0.2, 0.25) is 0 Å². The summed E-state index contributed by atoms with van der Waals surface area (Å²) in [6, 6.07) is 0. The maximum Gasteiger partial charge on any atom is 0.613 e. The SMILES string of the molecule is CP(O)(=S)OO[P+](=O)S. The van der Waals surface area contributed by atoms with Crippen molar-refractivity contribution in [2.45, 2.75) is 0 Å². The quantitative estimate of drug-likeness (QED) is 0.317. The zero-order valence-corrected chi connectivity index (χ0v) is 7.92. The minimum absolute atomic E-state index is 1.27. The molecule has 2 atom stereocenters. The minimum Gasteiger partial charge on any atom is -0.343 e. The van der Waals surface area contributed by atoms with Gasteiger partial charge in [-0.05, 0) is 16.4 Å². The molecule has 0 saturated carbocycles. The highest BCUT2D eigenvalue weighted by Crippen LogP contribution is 2.42. The average Bonchev–Trinajstić information content (AvgIpc) is 1.59. The van der Waals surface area contributed by atoms with Gasteiger partial charge in [0, 0.05) is 11.3 Å². The molecule has 1 N–H and O–H groups in total. The van der Waals surface area contributed by atoms with Crippen molar-refractivity contribution in [3.63, 3.8) is 0 Å². The highest BCUT2D eigenvalue weighted by molar-refractivity contribution is 8.39. The van der Waals surface area contributed by atoms with Gasteiger partial charge in [-0.25, -0.2) is 0 Å².